The van der Waals surface area contributed by atoms with Crippen molar-refractivity contribution in [3.8, 4) is 5.75 Å². The minimum atomic E-state index is 0.495. The zero-order valence-electron chi connectivity index (χ0n) is 18.6. The van der Waals surface area contributed by atoms with Gasteiger partial charge >= 0.3 is 0 Å². The molecule has 0 spiro atoms. The fraction of sp³-hybridized carbons (Fsp3) is 0.520. The molecular weight excluding hydrogens is 404 g/mol. The number of piperidine rings is 1. The highest BCUT2D eigenvalue weighted by Gasteiger charge is 2.22. The molecule has 1 aromatic heterocycles. The third kappa shape index (κ3) is 6.55. The molecule has 2 aliphatic heterocycles. The summed E-state index contributed by atoms with van der Waals surface area (Å²) in [7, 11) is 1.72. The van der Waals surface area contributed by atoms with Crippen LogP contribution in [0.1, 0.15) is 42.9 Å². The minimum Gasteiger partial charge on any atom is -0.496 e. The molecule has 0 amide bonds. The second-order valence-corrected chi connectivity index (χ2v) is 9.47. The van der Waals surface area contributed by atoms with Gasteiger partial charge in [0.25, 0.3) is 0 Å². The molecule has 1 unspecified atom stereocenters. The van der Waals surface area contributed by atoms with E-state index in [9.17, 15) is 0 Å². The number of hydrogen-bond acceptors (Lipinski definition) is 6. The van der Waals surface area contributed by atoms with Crippen molar-refractivity contribution in [2.75, 3.05) is 52.1 Å². The van der Waals surface area contributed by atoms with Crippen molar-refractivity contribution in [2.45, 2.75) is 36.8 Å². The molecule has 3 heterocycles. The lowest BCUT2D eigenvalue weighted by Crippen LogP contribution is -2.34. The Labute approximate surface area is 190 Å². The lowest BCUT2D eigenvalue weighted by atomic mass is 9.94. The van der Waals surface area contributed by atoms with E-state index in [0.29, 0.717) is 5.92 Å². The van der Waals surface area contributed by atoms with Gasteiger partial charge in [-0.3, -0.25) is 4.90 Å². The van der Waals surface area contributed by atoms with Crippen molar-refractivity contribution < 1.29 is 4.74 Å². The smallest absolute Gasteiger partial charge is 0.187 e. The largest absolute Gasteiger partial charge is 0.496 e. The number of methoxy groups -OCH3 is 1. The molecule has 6 heteroatoms. The summed E-state index contributed by atoms with van der Waals surface area (Å²) in [5.41, 5.74) is 2.34. The Morgan fingerprint density at radius 1 is 1.10 bits per heavy atom. The molecule has 0 saturated carbocycles. The van der Waals surface area contributed by atoms with E-state index >= 15 is 0 Å². The summed E-state index contributed by atoms with van der Waals surface area (Å²) in [5.74, 6) is 2.49. The summed E-state index contributed by atoms with van der Waals surface area (Å²) < 4.78 is 5.45. The number of para-hydroxylation sites is 1. The predicted octanol–water partition coefficient (Wildman–Crippen LogP) is 4.57. The first-order valence-corrected chi connectivity index (χ1v) is 12.5. The standard InChI is InChI=1S/C25H34N4OS/c1-30-24-11-3-2-8-21(24)9-6-16-29-17-7-10-22(20-29)23-12-13-26-25(27-23)31-19-18-28-14-4-5-15-28/h2-3,6,8-9,11-13,22H,4-5,7,10,14-20H2,1H3/b9-6+. The van der Waals surface area contributed by atoms with Gasteiger partial charge in [-0.05, 0) is 57.5 Å². The van der Waals surface area contributed by atoms with E-state index in [2.05, 4.69) is 45.1 Å². The van der Waals surface area contributed by atoms with Crippen LogP contribution in [0.5, 0.6) is 5.75 Å². The summed E-state index contributed by atoms with van der Waals surface area (Å²) in [6.07, 6.45) is 11.5. The van der Waals surface area contributed by atoms with E-state index < -0.39 is 0 Å². The van der Waals surface area contributed by atoms with E-state index in [-0.39, 0.29) is 0 Å². The van der Waals surface area contributed by atoms with Gasteiger partial charge in [0.2, 0.25) is 0 Å². The second-order valence-electron chi connectivity index (χ2n) is 8.40. The number of ether oxygens (including phenoxy) is 1. The van der Waals surface area contributed by atoms with Crippen LogP contribution in [0.15, 0.2) is 47.8 Å². The lowest BCUT2D eigenvalue weighted by molar-refractivity contribution is 0.226. The normalized spacial score (nSPS) is 20.5. The monoisotopic (exact) mass is 438 g/mol. The van der Waals surface area contributed by atoms with Gasteiger partial charge in [-0.15, -0.1) is 0 Å². The highest BCUT2D eigenvalue weighted by molar-refractivity contribution is 7.99. The average molecular weight is 439 g/mol. The molecule has 2 saturated heterocycles. The van der Waals surface area contributed by atoms with Crippen molar-refractivity contribution in [1.82, 2.24) is 19.8 Å². The van der Waals surface area contributed by atoms with Gasteiger partial charge in [-0.1, -0.05) is 42.1 Å². The average Bonchev–Trinajstić information content (AvgIpc) is 3.33. The third-order valence-electron chi connectivity index (χ3n) is 6.22. The highest BCUT2D eigenvalue weighted by atomic mass is 32.2. The van der Waals surface area contributed by atoms with Crippen LogP contribution in [0.4, 0.5) is 0 Å². The maximum absolute atomic E-state index is 5.45. The molecular formula is C25H34N4OS. The molecule has 0 N–H and O–H groups in total. The van der Waals surface area contributed by atoms with Crippen molar-refractivity contribution in [3.63, 3.8) is 0 Å². The third-order valence-corrected chi connectivity index (χ3v) is 7.06. The van der Waals surface area contributed by atoms with Crippen LogP contribution < -0.4 is 4.74 Å². The number of thioether (sulfide) groups is 1. The number of likely N-dealkylation sites (tertiary alicyclic amines) is 2. The van der Waals surface area contributed by atoms with Gasteiger partial charge in [-0.25, -0.2) is 9.97 Å². The van der Waals surface area contributed by atoms with Crippen LogP contribution in [0.25, 0.3) is 6.08 Å². The Bertz CT molecular complexity index is 853. The zero-order chi connectivity index (χ0) is 21.3. The summed E-state index contributed by atoms with van der Waals surface area (Å²) in [4.78, 5) is 14.5. The molecule has 31 heavy (non-hydrogen) atoms. The molecule has 166 valence electrons. The maximum Gasteiger partial charge on any atom is 0.187 e. The number of nitrogens with zero attached hydrogens (tertiary/aromatic N) is 4. The van der Waals surface area contributed by atoms with E-state index in [4.69, 9.17) is 9.72 Å². The molecule has 1 aromatic carbocycles. The van der Waals surface area contributed by atoms with Crippen molar-refractivity contribution >= 4 is 17.8 Å². The van der Waals surface area contributed by atoms with Gasteiger partial charge in [0.1, 0.15) is 5.75 Å². The predicted molar refractivity (Wildman–Crippen MR) is 129 cm³/mol. The Balaban J connectivity index is 1.29. The number of hydrogen-bond donors (Lipinski definition) is 0. The van der Waals surface area contributed by atoms with Gasteiger partial charge in [0.15, 0.2) is 5.16 Å². The van der Waals surface area contributed by atoms with Crippen LogP contribution in [0.2, 0.25) is 0 Å². The Hall–Kier alpha value is -1.89. The fourth-order valence-electron chi connectivity index (χ4n) is 4.52. The topological polar surface area (TPSA) is 41.5 Å². The Morgan fingerprint density at radius 3 is 2.81 bits per heavy atom. The molecule has 5 nitrogen and oxygen atoms in total. The first-order chi connectivity index (χ1) is 15.3. The van der Waals surface area contributed by atoms with Gasteiger partial charge in [-0.2, -0.15) is 0 Å². The van der Waals surface area contributed by atoms with E-state index in [1.54, 1.807) is 18.9 Å². The van der Waals surface area contributed by atoms with Crippen LogP contribution in [0, 0.1) is 0 Å². The summed E-state index contributed by atoms with van der Waals surface area (Å²) >= 11 is 1.80. The molecule has 0 aliphatic carbocycles. The molecule has 1 atom stereocenters. The van der Waals surface area contributed by atoms with Gasteiger partial charge < -0.3 is 9.64 Å². The van der Waals surface area contributed by atoms with E-state index in [1.165, 1.54) is 44.5 Å². The summed E-state index contributed by atoms with van der Waals surface area (Å²) in [6, 6.07) is 10.3. The quantitative estimate of drug-likeness (QED) is 0.422. The number of benzene rings is 1. The van der Waals surface area contributed by atoms with Crippen LogP contribution >= 0.6 is 11.8 Å². The second kappa shape index (κ2) is 11.7. The van der Waals surface area contributed by atoms with Crippen molar-refractivity contribution in [3.05, 3.63) is 53.9 Å². The highest BCUT2D eigenvalue weighted by Crippen LogP contribution is 2.27. The Kier molecular flexibility index (Phi) is 8.38. The molecule has 0 bridgehead atoms. The van der Waals surface area contributed by atoms with Crippen molar-refractivity contribution in [1.29, 1.82) is 0 Å². The van der Waals surface area contributed by atoms with Crippen molar-refractivity contribution in [2.24, 2.45) is 0 Å². The molecule has 0 radical (unpaired) electrons. The van der Waals surface area contributed by atoms with E-state index in [1.807, 2.05) is 18.3 Å². The molecule has 2 aromatic rings. The summed E-state index contributed by atoms with van der Waals surface area (Å²) in [6.45, 7) is 6.82. The first-order valence-electron chi connectivity index (χ1n) is 11.5. The number of aromatic nitrogens is 2. The SMILES string of the molecule is COc1ccccc1/C=C/CN1CCCC(c2ccnc(SCCN3CCCC3)n2)C1. The fourth-order valence-corrected chi connectivity index (χ4v) is 5.36. The maximum atomic E-state index is 5.45. The minimum absolute atomic E-state index is 0.495. The van der Waals surface area contributed by atoms with E-state index in [0.717, 1.165) is 48.4 Å². The van der Waals surface area contributed by atoms with Crippen LogP contribution in [-0.4, -0.2) is 71.9 Å². The molecule has 2 fully saturated rings. The zero-order valence-corrected chi connectivity index (χ0v) is 19.4. The summed E-state index contributed by atoms with van der Waals surface area (Å²) in [5, 5.41) is 0.935. The first kappa shape index (κ1) is 22.3. The van der Waals surface area contributed by atoms with Crippen LogP contribution in [-0.2, 0) is 0 Å². The molecule has 2 aliphatic rings. The van der Waals surface area contributed by atoms with Gasteiger partial charge in [0, 0.05) is 48.8 Å². The van der Waals surface area contributed by atoms with Gasteiger partial charge in [0.05, 0.1) is 7.11 Å². The molecule has 4 rings (SSSR count). The lowest BCUT2D eigenvalue weighted by Gasteiger charge is -2.31. The Morgan fingerprint density at radius 2 is 1.94 bits per heavy atom. The van der Waals surface area contributed by atoms with Crippen LogP contribution in [0.3, 0.4) is 0 Å². The number of rotatable bonds is 9.